The SMILES string of the molecule is CCOc1cc(CNC)ccc1OCCC(C)(C)O. The lowest BCUT2D eigenvalue weighted by atomic mass is 10.1. The highest BCUT2D eigenvalue weighted by atomic mass is 16.5. The molecule has 0 heterocycles. The zero-order valence-corrected chi connectivity index (χ0v) is 12.3. The van der Waals surface area contributed by atoms with E-state index in [0.717, 1.165) is 23.6 Å². The second-order valence-electron chi connectivity index (χ2n) is 5.16. The Morgan fingerprint density at radius 2 is 1.95 bits per heavy atom. The van der Waals surface area contributed by atoms with Crippen LogP contribution in [0.2, 0.25) is 0 Å². The molecule has 1 aromatic carbocycles. The van der Waals surface area contributed by atoms with Gasteiger partial charge in [-0.2, -0.15) is 0 Å². The summed E-state index contributed by atoms with van der Waals surface area (Å²) in [5.74, 6) is 1.48. The van der Waals surface area contributed by atoms with Crippen LogP contribution in [0.1, 0.15) is 32.8 Å². The first kappa shape index (κ1) is 15.8. The van der Waals surface area contributed by atoms with Crippen LogP contribution in [-0.4, -0.2) is 31.0 Å². The molecule has 0 amide bonds. The Kier molecular flexibility index (Phi) is 6.12. The normalized spacial score (nSPS) is 11.4. The van der Waals surface area contributed by atoms with Gasteiger partial charge in [0.1, 0.15) is 0 Å². The molecule has 1 aromatic rings. The number of rotatable bonds is 8. The molecule has 0 radical (unpaired) electrons. The van der Waals surface area contributed by atoms with Crippen LogP contribution in [0.4, 0.5) is 0 Å². The summed E-state index contributed by atoms with van der Waals surface area (Å²) in [4.78, 5) is 0. The average molecular weight is 267 g/mol. The third-order valence-electron chi connectivity index (χ3n) is 2.66. The highest BCUT2D eigenvalue weighted by molar-refractivity contribution is 5.43. The quantitative estimate of drug-likeness (QED) is 0.759. The van der Waals surface area contributed by atoms with Gasteiger partial charge in [0.25, 0.3) is 0 Å². The number of hydrogen-bond donors (Lipinski definition) is 2. The molecule has 0 fully saturated rings. The number of aliphatic hydroxyl groups is 1. The van der Waals surface area contributed by atoms with Crippen molar-refractivity contribution in [2.24, 2.45) is 0 Å². The molecule has 0 aliphatic rings. The van der Waals surface area contributed by atoms with Gasteiger partial charge in [0.05, 0.1) is 18.8 Å². The molecular weight excluding hydrogens is 242 g/mol. The fourth-order valence-electron chi connectivity index (χ4n) is 1.66. The van der Waals surface area contributed by atoms with Gasteiger partial charge in [0.2, 0.25) is 0 Å². The van der Waals surface area contributed by atoms with Gasteiger partial charge in [-0.3, -0.25) is 0 Å². The highest BCUT2D eigenvalue weighted by Gasteiger charge is 2.13. The van der Waals surface area contributed by atoms with E-state index in [4.69, 9.17) is 9.47 Å². The van der Waals surface area contributed by atoms with Crippen molar-refractivity contribution in [3.05, 3.63) is 23.8 Å². The summed E-state index contributed by atoms with van der Waals surface area (Å²) in [5.41, 5.74) is 0.443. The fraction of sp³-hybridized carbons (Fsp3) is 0.600. The highest BCUT2D eigenvalue weighted by Crippen LogP contribution is 2.29. The number of hydrogen-bond acceptors (Lipinski definition) is 4. The topological polar surface area (TPSA) is 50.7 Å². The molecule has 0 atom stereocenters. The van der Waals surface area contributed by atoms with Crippen LogP contribution >= 0.6 is 0 Å². The monoisotopic (exact) mass is 267 g/mol. The van der Waals surface area contributed by atoms with E-state index in [1.165, 1.54) is 0 Å². The van der Waals surface area contributed by atoms with E-state index in [2.05, 4.69) is 5.32 Å². The van der Waals surface area contributed by atoms with E-state index in [0.29, 0.717) is 19.6 Å². The van der Waals surface area contributed by atoms with Gasteiger partial charge in [-0.05, 0) is 45.5 Å². The van der Waals surface area contributed by atoms with Crippen LogP contribution in [0.15, 0.2) is 18.2 Å². The number of nitrogens with one attached hydrogen (secondary N) is 1. The molecule has 0 unspecified atom stereocenters. The molecule has 0 aliphatic carbocycles. The third-order valence-corrected chi connectivity index (χ3v) is 2.66. The smallest absolute Gasteiger partial charge is 0.161 e. The van der Waals surface area contributed by atoms with Crippen molar-refractivity contribution < 1.29 is 14.6 Å². The molecule has 0 bridgehead atoms. The van der Waals surface area contributed by atoms with E-state index in [9.17, 15) is 5.11 Å². The first-order valence-corrected chi connectivity index (χ1v) is 6.72. The van der Waals surface area contributed by atoms with E-state index < -0.39 is 5.60 Å². The minimum atomic E-state index is -0.710. The Hall–Kier alpha value is -1.26. The second kappa shape index (κ2) is 7.36. The van der Waals surface area contributed by atoms with Crippen LogP contribution in [-0.2, 0) is 6.54 Å². The predicted octanol–water partition coefficient (Wildman–Crippen LogP) is 2.34. The number of benzene rings is 1. The predicted molar refractivity (Wildman–Crippen MR) is 76.8 cm³/mol. The van der Waals surface area contributed by atoms with Gasteiger partial charge < -0.3 is 19.9 Å². The summed E-state index contributed by atoms with van der Waals surface area (Å²) < 4.78 is 11.3. The van der Waals surface area contributed by atoms with Crippen LogP contribution in [0, 0.1) is 0 Å². The Morgan fingerprint density at radius 1 is 1.21 bits per heavy atom. The van der Waals surface area contributed by atoms with Gasteiger partial charge in [-0.15, -0.1) is 0 Å². The summed E-state index contributed by atoms with van der Waals surface area (Å²) in [6, 6.07) is 5.92. The Bertz CT molecular complexity index is 385. The summed E-state index contributed by atoms with van der Waals surface area (Å²) in [5, 5.41) is 12.8. The Morgan fingerprint density at radius 3 is 2.53 bits per heavy atom. The van der Waals surface area contributed by atoms with Gasteiger partial charge in [-0.25, -0.2) is 0 Å². The average Bonchev–Trinajstić information content (AvgIpc) is 2.31. The number of ether oxygens (including phenoxy) is 2. The molecule has 0 spiro atoms. The first-order valence-electron chi connectivity index (χ1n) is 6.72. The van der Waals surface area contributed by atoms with Crippen molar-refractivity contribution >= 4 is 0 Å². The van der Waals surface area contributed by atoms with Crippen molar-refractivity contribution in [3.63, 3.8) is 0 Å². The zero-order chi connectivity index (χ0) is 14.3. The van der Waals surface area contributed by atoms with Gasteiger partial charge in [0, 0.05) is 13.0 Å². The van der Waals surface area contributed by atoms with E-state index in [-0.39, 0.29) is 0 Å². The minimum Gasteiger partial charge on any atom is -0.490 e. The van der Waals surface area contributed by atoms with E-state index in [1.807, 2.05) is 32.2 Å². The molecule has 0 aromatic heterocycles. The molecule has 19 heavy (non-hydrogen) atoms. The van der Waals surface area contributed by atoms with Gasteiger partial charge in [-0.1, -0.05) is 6.07 Å². The zero-order valence-electron chi connectivity index (χ0n) is 12.3. The minimum absolute atomic E-state index is 0.467. The van der Waals surface area contributed by atoms with Crippen LogP contribution in [0.25, 0.3) is 0 Å². The second-order valence-corrected chi connectivity index (χ2v) is 5.16. The van der Waals surface area contributed by atoms with E-state index in [1.54, 1.807) is 13.8 Å². The van der Waals surface area contributed by atoms with Gasteiger partial charge >= 0.3 is 0 Å². The van der Waals surface area contributed by atoms with E-state index >= 15 is 0 Å². The first-order chi connectivity index (χ1) is 8.96. The molecule has 4 nitrogen and oxygen atoms in total. The molecule has 2 N–H and O–H groups in total. The molecule has 4 heteroatoms. The van der Waals surface area contributed by atoms with Crippen LogP contribution < -0.4 is 14.8 Å². The summed E-state index contributed by atoms with van der Waals surface area (Å²) in [7, 11) is 1.91. The molecule has 1 rings (SSSR count). The summed E-state index contributed by atoms with van der Waals surface area (Å²) in [6.07, 6.45) is 0.580. The third kappa shape index (κ3) is 5.94. The molecule has 0 aliphatic heterocycles. The maximum Gasteiger partial charge on any atom is 0.161 e. The van der Waals surface area contributed by atoms with Crippen molar-refractivity contribution in [1.29, 1.82) is 0 Å². The standard InChI is InChI=1S/C15H25NO3/c1-5-18-14-10-12(11-16-4)6-7-13(14)19-9-8-15(2,3)17/h6-7,10,16-17H,5,8-9,11H2,1-4H3. The maximum atomic E-state index is 9.66. The maximum absolute atomic E-state index is 9.66. The van der Waals surface area contributed by atoms with Crippen molar-refractivity contribution in [3.8, 4) is 11.5 Å². The lowest BCUT2D eigenvalue weighted by Crippen LogP contribution is -2.21. The Labute approximate surface area is 115 Å². The van der Waals surface area contributed by atoms with Gasteiger partial charge in [0.15, 0.2) is 11.5 Å². The van der Waals surface area contributed by atoms with Crippen molar-refractivity contribution in [2.45, 2.75) is 39.3 Å². The van der Waals surface area contributed by atoms with Crippen molar-refractivity contribution in [1.82, 2.24) is 5.32 Å². The van der Waals surface area contributed by atoms with Crippen LogP contribution in [0.5, 0.6) is 11.5 Å². The molecule has 0 saturated carbocycles. The van der Waals surface area contributed by atoms with Crippen LogP contribution in [0.3, 0.4) is 0 Å². The lowest BCUT2D eigenvalue weighted by molar-refractivity contribution is 0.0548. The summed E-state index contributed by atoms with van der Waals surface area (Å²) in [6.45, 7) is 7.36. The Balaban J connectivity index is 2.70. The lowest BCUT2D eigenvalue weighted by Gasteiger charge is -2.18. The van der Waals surface area contributed by atoms with Crippen molar-refractivity contribution in [2.75, 3.05) is 20.3 Å². The molecule has 0 saturated heterocycles. The molecule has 108 valence electrons. The summed E-state index contributed by atoms with van der Waals surface area (Å²) >= 11 is 0. The molecular formula is C15H25NO3. The fourth-order valence-corrected chi connectivity index (χ4v) is 1.66. The largest absolute Gasteiger partial charge is 0.490 e.